The minimum atomic E-state index is -1.84. The third-order valence-electron chi connectivity index (χ3n) is 17.4. The molecule has 0 saturated carbocycles. The summed E-state index contributed by atoms with van der Waals surface area (Å²) in [5.41, 5.74) is -3.18. The van der Waals surface area contributed by atoms with Crippen molar-refractivity contribution >= 4 is 34.6 Å². The number of likely N-dealkylation sites (N-methyl/N-ethyl adjacent to an activating group) is 3. The fraction of sp³-hybridized carbons (Fsp3) is 0.807. The lowest BCUT2D eigenvalue weighted by Crippen LogP contribution is -2.61. The number of rotatable bonds is 16. The average Bonchev–Trinajstić information content (AvgIpc) is 3.35. The SMILES string of the molecule is CC[C@H]1OC(=O)[C@H](C)[C@@H](O[C@H]2C[C@@](C)(OC)[C@@H](OCCN(C)CCSc3cc4c5c(c3)c(=O)c(C(=O)O)cn5C(C)CC4)[C@H](C)O2)[C@H](C)[C@@H](O[C@@H]2O[C@H](C)C[C@H](N(C)C)[C@H]2O)[C@](C)(O)C[C@@H](C)CN(C)[C@H](C)[C@@H](O)[C@]1(C)O. The van der Waals surface area contributed by atoms with Crippen molar-refractivity contribution in [1.82, 2.24) is 19.3 Å². The van der Waals surface area contributed by atoms with Gasteiger partial charge in [-0.2, -0.15) is 0 Å². The van der Waals surface area contributed by atoms with Crippen molar-refractivity contribution in [3.63, 3.8) is 0 Å². The van der Waals surface area contributed by atoms with Gasteiger partial charge in [-0.3, -0.25) is 9.59 Å². The number of aromatic nitrogens is 1. The molecule has 19 nitrogen and oxygen atoms in total. The largest absolute Gasteiger partial charge is 0.477 e. The quantitative estimate of drug-likeness (QED) is 0.108. The van der Waals surface area contributed by atoms with Crippen LogP contribution in [0.5, 0.6) is 0 Å². The Morgan fingerprint density at radius 2 is 1.64 bits per heavy atom. The predicted octanol–water partition coefficient (Wildman–Crippen LogP) is 5.17. The van der Waals surface area contributed by atoms with Crippen molar-refractivity contribution in [3.8, 4) is 0 Å². The summed E-state index contributed by atoms with van der Waals surface area (Å²) in [6, 6.07) is 3.17. The fourth-order valence-electron chi connectivity index (χ4n) is 12.6. The summed E-state index contributed by atoms with van der Waals surface area (Å²) >= 11 is 1.62. The molecule has 0 amide bonds. The maximum Gasteiger partial charge on any atom is 0.341 e. The third-order valence-corrected chi connectivity index (χ3v) is 18.3. The number of carboxylic acid groups (broad SMARTS) is 1. The highest BCUT2D eigenvalue weighted by atomic mass is 32.2. The number of carboxylic acids is 1. The maximum absolute atomic E-state index is 14.6. The Morgan fingerprint density at radius 1 is 0.948 bits per heavy atom. The van der Waals surface area contributed by atoms with E-state index < -0.39 is 107 Å². The number of cyclic esters (lactones) is 1. The number of carbonyl (C=O) groups is 2. The number of carbonyl (C=O) groups excluding carboxylic acids is 1. The molecule has 5 heterocycles. The molecule has 1 aromatic heterocycles. The number of thioether (sulfide) groups is 1. The van der Waals surface area contributed by atoms with E-state index >= 15 is 0 Å². The second-order valence-corrected chi connectivity index (χ2v) is 25.3. The van der Waals surface area contributed by atoms with E-state index in [2.05, 4.69) is 11.0 Å². The molecule has 0 bridgehead atoms. The van der Waals surface area contributed by atoms with Gasteiger partial charge in [-0.15, -0.1) is 11.8 Å². The van der Waals surface area contributed by atoms with Crippen molar-refractivity contribution < 1.29 is 68.3 Å². The summed E-state index contributed by atoms with van der Waals surface area (Å²) in [7, 11) is 9.25. The van der Waals surface area contributed by atoms with Crippen molar-refractivity contribution in [2.24, 2.45) is 17.8 Å². The lowest BCUT2D eigenvalue weighted by Gasteiger charge is -2.49. The highest BCUT2D eigenvalue weighted by Gasteiger charge is 2.53. The summed E-state index contributed by atoms with van der Waals surface area (Å²) in [5.74, 6) is -3.21. The van der Waals surface area contributed by atoms with Crippen LogP contribution < -0.4 is 5.43 Å². The lowest BCUT2D eigenvalue weighted by atomic mass is 9.77. The number of aliphatic hydroxyl groups excluding tert-OH is 2. The standard InChI is InChI=1S/C57H94N4O15S/c1-17-43-57(11,69)49(64)36(7)60(15)29-31(2)27-55(9,68)50(76-54-47(63)42(58(12)13)24-33(4)72-54)34(5)48(35(6)53(67)74-43)75-44-28-56(10,70-16)51(37(8)73-44)71-22-20-59(14)21-23-77-39-25-38-19-18-32(3)61-30-41(52(65)66)46(62)40(26-39)45(38)61/h25-26,30-37,42-44,47-51,54,63-64,68-69H,17-24,27-29H2,1-16H3,(H,65,66)/t31-,32?,33-,34+,35-,36-,37+,42+,43-,44+,47-,48+,49-,50-,51+,54+,55-,56-,57-/m1/s1. The van der Waals surface area contributed by atoms with E-state index in [1.54, 1.807) is 39.6 Å². The highest BCUT2D eigenvalue weighted by Crippen LogP contribution is 2.41. The van der Waals surface area contributed by atoms with E-state index in [4.69, 9.17) is 33.2 Å². The van der Waals surface area contributed by atoms with Crippen LogP contribution in [0.15, 0.2) is 28.0 Å². The first-order chi connectivity index (χ1) is 36.0. The molecule has 0 aliphatic carbocycles. The maximum atomic E-state index is 14.6. The highest BCUT2D eigenvalue weighted by molar-refractivity contribution is 7.99. The number of aryl methyl sites for hydroxylation is 1. The van der Waals surface area contributed by atoms with Crippen LogP contribution in [0.4, 0.5) is 0 Å². The van der Waals surface area contributed by atoms with Gasteiger partial charge in [-0.25, -0.2) is 4.79 Å². The van der Waals surface area contributed by atoms with Crippen molar-refractivity contribution in [2.75, 3.05) is 67.3 Å². The van der Waals surface area contributed by atoms with Crippen LogP contribution in [-0.2, 0) is 44.4 Å². The van der Waals surface area contributed by atoms with Crippen LogP contribution in [0, 0.1) is 17.8 Å². The molecule has 2 aromatic rings. The molecule has 4 aliphatic heterocycles. The zero-order valence-corrected chi connectivity index (χ0v) is 49.6. The van der Waals surface area contributed by atoms with Gasteiger partial charge < -0.3 is 78.0 Å². The van der Waals surface area contributed by atoms with Gasteiger partial charge in [0.25, 0.3) is 0 Å². The molecule has 4 aliphatic rings. The molecule has 0 spiro atoms. The number of nitrogens with zero attached hydrogens (tertiary/aromatic N) is 4. The fourth-order valence-corrected chi connectivity index (χ4v) is 13.7. The average molecular weight is 1110 g/mol. The molecule has 1 aromatic carbocycles. The van der Waals surface area contributed by atoms with Gasteiger partial charge >= 0.3 is 11.9 Å². The van der Waals surface area contributed by atoms with Crippen LogP contribution in [0.2, 0.25) is 0 Å². The number of pyridine rings is 1. The molecule has 438 valence electrons. The van der Waals surface area contributed by atoms with Gasteiger partial charge in [0.15, 0.2) is 12.6 Å². The first-order valence-electron chi connectivity index (χ1n) is 27.9. The monoisotopic (exact) mass is 1110 g/mol. The second kappa shape index (κ2) is 26.0. The van der Waals surface area contributed by atoms with E-state index in [0.717, 1.165) is 34.6 Å². The Balaban J connectivity index is 1.20. The number of aromatic carboxylic acids is 1. The number of ether oxygens (including phenoxy) is 7. The topological polar surface area (TPSA) is 232 Å². The summed E-state index contributed by atoms with van der Waals surface area (Å²) in [6.45, 7) is 22.2. The Morgan fingerprint density at radius 3 is 2.27 bits per heavy atom. The number of benzene rings is 1. The Bertz CT molecular complexity index is 2370. The minimum absolute atomic E-state index is 0.0880. The van der Waals surface area contributed by atoms with Gasteiger partial charge in [0, 0.05) is 79.4 Å². The molecule has 3 fully saturated rings. The first-order valence-corrected chi connectivity index (χ1v) is 28.9. The lowest BCUT2D eigenvalue weighted by molar-refractivity contribution is -0.320. The van der Waals surface area contributed by atoms with Crippen LogP contribution in [0.3, 0.4) is 0 Å². The van der Waals surface area contributed by atoms with E-state index in [0.29, 0.717) is 38.0 Å². The van der Waals surface area contributed by atoms with Gasteiger partial charge in [0.2, 0.25) is 5.43 Å². The number of hydrogen-bond acceptors (Lipinski definition) is 18. The number of hydrogen-bond donors (Lipinski definition) is 5. The molecule has 0 radical (unpaired) electrons. The predicted molar refractivity (Wildman–Crippen MR) is 294 cm³/mol. The van der Waals surface area contributed by atoms with Crippen molar-refractivity contribution in [1.29, 1.82) is 0 Å². The van der Waals surface area contributed by atoms with Crippen molar-refractivity contribution in [3.05, 3.63) is 39.7 Å². The Kier molecular flexibility index (Phi) is 21.4. The third kappa shape index (κ3) is 14.3. The van der Waals surface area contributed by atoms with E-state index in [1.165, 1.54) is 13.1 Å². The molecule has 1 unspecified atom stereocenters. The summed E-state index contributed by atoms with van der Waals surface area (Å²) in [6.07, 6.45) is -4.77. The smallest absolute Gasteiger partial charge is 0.341 e. The van der Waals surface area contributed by atoms with Gasteiger partial charge in [0.1, 0.15) is 35.6 Å². The molecule has 20 heteroatoms. The van der Waals surface area contributed by atoms with E-state index in [1.807, 2.05) is 97.1 Å². The molecule has 77 heavy (non-hydrogen) atoms. The first kappa shape index (κ1) is 63.4. The zero-order chi connectivity index (χ0) is 57.2. The summed E-state index contributed by atoms with van der Waals surface area (Å²) in [5, 5.41) is 58.5. The molecule has 3 saturated heterocycles. The molecule has 6 rings (SSSR count). The van der Waals surface area contributed by atoms with E-state index in [9.17, 15) is 39.9 Å². The van der Waals surface area contributed by atoms with Crippen LogP contribution in [-0.4, -0.2) is 214 Å². The Hall–Kier alpha value is -2.80. The second-order valence-electron chi connectivity index (χ2n) is 24.1. The molecule has 19 atom stereocenters. The Labute approximate surface area is 461 Å². The summed E-state index contributed by atoms with van der Waals surface area (Å²) < 4.78 is 47.8. The number of methoxy groups -OCH3 is 1. The summed E-state index contributed by atoms with van der Waals surface area (Å²) in [4.78, 5) is 46.9. The number of aliphatic hydroxyl groups is 4. The van der Waals surface area contributed by atoms with E-state index in [-0.39, 0.29) is 48.9 Å². The molecular formula is C57H94N4O15S. The molecular weight excluding hydrogens is 1010 g/mol. The minimum Gasteiger partial charge on any atom is -0.477 e. The van der Waals surface area contributed by atoms with Gasteiger partial charge in [-0.05, 0) is 139 Å². The normalized spacial score (nSPS) is 39.1. The molecule has 5 N–H and O–H groups in total. The van der Waals surface area contributed by atoms with Gasteiger partial charge in [-0.1, -0.05) is 20.8 Å². The van der Waals surface area contributed by atoms with Crippen LogP contribution >= 0.6 is 11.8 Å². The van der Waals surface area contributed by atoms with Gasteiger partial charge in [0.05, 0.1) is 53.7 Å². The van der Waals surface area contributed by atoms with Crippen molar-refractivity contribution in [2.45, 2.75) is 216 Å². The van der Waals surface area contributed by atoms with Crippen LogP contribution in [0.1, 0.15) is 130 Å². The van der Waals surface area contributed by atoms with Crippen LogP contribution in [0.25, 0.3) is 10.9 Å². The zero-order valence-electron chi connectivity index (χ0n) is 48.8. The number of esters is 1.